The van der Waals surface area contributed by atoms with Gasteiger partial charge in [0.05, 0.1) is 6.67 Å². The Hall–Kier alpha value is -0.760. The number of nitrogens with one attached hydrogen (secondary N) is 2. The fraction of sp³-hybridized carbons (Fsp3) is 0.556. The van der Waals surface area contributed by atoms with Crippen molar-refractivity contribution in [3.63, 3.8) is 0 Å². The lowest BCUT2D eigenvalue weighted by Gasteiger charge is -2.20. The van der Waals surface area contributed by atoms with Crippen LogP contribution in [0, 0.1) is 0 Å². The second-order valence-corrected chi connectivity index (χ2v) is 2.64. The third-order valence-electron chi connectivity index (χ3n) is 1.85. The Morgan fingerprint density at radius 1 is 1.55 bits per heavy atom. The molecule has 0 atom stereocenters. The molecule has 0 aromatic rings. The summed E-state index contributed by atoms with van der Waals surface area (Å²) in [7, 11) is 0. The van der Waals surface area contributed by atoms with Crippen LogP contribution in [0.15, 0.2) is 23.4 Å². The van der Waals surface area contributed by atoms with E-state index in [1.165, 1.54) is 11.3 Å². The van der Waals surface area contributed by atoms with Crippen LogP contribution in [-0.4, -0.2) is 13.2 Å². The predicted octanol–water partition coefficient (Wildman–Crippen LogP) is 1.38. The normalized spacial score (nSPS) is 19.1. The predicted molar refractivity (Wildman–Crippen MR) is 48.1 cm³/mol. The minimum absolute atomic E-state index is 0.907. The maximum atomic E-state index is 3.32. The van der Waals surface area contributed by atoms with Gasteiger partial charge in [0.25, 0.3) is 0 Å². The standard InChI is InChI=1S/C9H16N2/c1-3-5-8-6-10-7-11-9(8)4-2/h3,5,10-11H,4,6-7H2,1-2H3/b5-3-. The molecule has 0 unspecified atom stereocenters. The van der Waals surface area contributed by atoms with Crippen LogP contribution in [0.5, 0.6) is 0 Å². The highest BCUT2D eigenvalue weighted by Gasteiger charge is 2.05. The number of rotatable bonds is 2. The van der Waals surface area contributed by atoms with Gasteiger partial charge in [-0.05, 0) is 18.9 Å². The molecule has 0 aromatic carbocycles. The van der Waals surface area contributed by atoms with Crippen molar-refractivity contribution >= 4 is 0 Å². The van der Waals surface area contributed by atoms with Gasteiger partial charge >= 0.3 is 0 Å². The van der Waals surface area contributed by atoms with Crippen molar-refractivity contribution in [2.75, 3.05) is 13.2 Å². The second-order valence-electron chi connectivity index (χ2n) is 2.64. The molecule has 1 rings (SSSR count). The van der Waals surface area contributed by atoms with Gasteiger partial charge < -0.3 is 5.32 Å². The van der Waals surface area contributed by atoms with Gasteiger partial charge in [-0.15, -0.1) is 0 Å². The molecule has 0 spiro atoms. The summed E-state index contributed by atoms with van der Waals surface area (Å²) in [5.41, 5.74) is 2.77. The summed E-state index contributed by atoms with van der Waals surface area (Å²) in [6, 6.07) is 0. The SMILES string of the molecule is C/C=C\C1=C(CC)NCNC1. The van der Waals surface area contributed by atoms with Crippen LogP contribution in [-0.2, 0) is 0 Å². The van der Waals surface area contributed by atoms with E-state index < -0.39 is 0 Å². The number of allylic oxidation sites excluding steroid dienone is 2. The molecule has 1 heterocycles. The van der Waals surface area contributed by atoms with Crippen molar-refractivity contribution in [1.29, 1.82) is 0 Å². The van der Waals surface area contributed by atoms with Gasteiger partial charge in [0.1, 0.15) is 0 Å². The van der Waals surface area contributed by atoms with Crippen LogP contribution >= 0.6 is 0 Å². The van der Waals surface area contributed by atoms with Crippen LogP contribution in [0.4, 0.5) is 0 Å². The number of hydrogen-bond acceptors (Lipinski definition) is 2. The monoisotopic (exact) mass is 152 g/mol. The lowest BCUT2D eigenvalue weighted by Crippen LogP contribution is -2.36. The topological polar surface area (TPSA) is 24.1 Å². The van der Waals surface area contributed by atoms with Crippen LogP contribution in [0.3, 0.4) is 0 Å². The van der Waals surface area contributed by atoms with Crippen molar-refractivity contribution in [1.82, 2.24) is 10.6 Å². The maximum Gasteiger partial charge on any atom is 0.0653 e. The zero-order valence-electron chi connectivity index (χ0n) is 7.28. The molecule has 1 aliphatic rings. The minimum atomic E-state index is 0.907. The molecule has 2 N–H and O–H groups in total. The molecule has 0 fully saturated rings. The van der Waals surface area contributed by atoms with Crippen molar-refractivity contribution in [3.05, 3.63) is 23.4 Å². The molecule has 0 aromatic heterocycles. The molecular weight excluding hydrogens is 136 g/mol. The van der Waals surface area contributed by atoms with Crippen molar-refractivity contribution in [3.8, 4) is 0 Å². The number of hydrogen-bond donors (Lipinski definition) is 2. The van der Waals surface area contributed by atoms with E-state index in [2.05, 4.69) is 36.6 Å². The zero-order valence-corrected chi connectivity index (χ0v) is 7.28. The Balaban J connectivity index is 2.72. The van der Waals surface area contributed by atoms with Crippen LogP contribution in [0.1, 0.15) is 20.3 Å². The van der Waals surface area contributed by atoms with Gasteiger partial charge in [0, 0.05) is 12.2 Å². The third kappa shape index (κ3) is 2.09. The summed E-state index contributed by atoms with van der Waals surface area (Å²) >= 11 is 0. The molecule has 0 bridgehead atoms. The maximum absolute atomic E-state index is 3.32. The van der Waals surface area contributed by atoms with Gasteiger partial charge in [-0.25, -0.2) is 0 Å². The fourth-order valence-corrected chi connectivity index (χ4v) is 1.30. The first kappa shape index (κ1) is 8.34. The first-order valence-electron chi connectivity index (χ1n) is 4.17. The highest BCUT2D eigenvalue weighted by molar-refractivity contribution is 5.27. The molecule has 0 saturated heterocycles. The molecule has 0 aliphatic carbocycles. The largest absolute Gasteiger partial charge is 0.376 e. The summed E-state index contributed by atoms with van der Waals surface area (Å²) in [5.74, 6) is 0. The van der Waals surface area contributed by atoms with E-state index in [1.807, 2.05) is 0 Å². The van der Waals surface area contributed by atoms with E-state index in [4.69, 9.17) is 0 Å². The second kappa shape index (κ2) is 4.19. The molecule has 1 aliphatic heterocycles. The Morgan fingerprint density at radius 3 is 3.00 bits per heavy atom. The molecule has 0 amide bonds. The summed E-state index contributed by atoms with van der Waals surface area (Å²) in [6.45, 7) is 6.14. The third-order valence-corrected chi connectivity index (χ3v) is 1.85. The average molecular weight is 152 g/mol. The molecule has 11 heavy (non-hydrogen) atoms. The van der Waals surface area contributed by atoms with Crippen LogP contribution in [0.25, 0.3) is 0 Å². The van der Waals surface area contributed by atoms with Gasteiger partial charge in [-0.2, -0.15) is 0 Å². The van der Waals surface area contributed by atoms with Gasteiger partial charge in [-0.3, -0.25) is 5.32 Å². The summed E-state index contributed by atoms with van der Waals surface area (Å²) < 4.78 is 0. The van der Waals surface area contributed by atoms with Crippen molar-refractivity contribution in [2.24, 2.45) is 0 Å². The molecule has 2 nitrogen and oxygen atoms in total. The van der Waals surface area contributed by atoms with E-state index in [9.17, 15) is 0 Å². The van der Waals surface area contributed by atoms with Gasteiger partial charge in [0.2, 0.25) is 0 Å². The Labute approximate surface area is 68.4 Å². The summed E-state index contributed by atoms with van der Waals surface area (Å²) in [5, 5.41) is 6.58. The summed E-state index contributed by atoms with van der Waals surface area (Å²) in [4.78, 5) is 0. The first-order chi connectivity index (χ1) is 5.38. The van der Waals surface area contributed by atoms with E-state index in [-0.39, 0.29) is 0 Å². The smallest absolute Gasteiger partial charge is 0.0653 e. The Kier molecular flexibility index (Phi) is 3.17. The molecule has 0 radical (unpaired) electrons. The molecule has 62 valence electrons. The first-order valence-corrected chi connectivity index (χ1v) is 4.17. The molecular formula is C9H16N2. The van der Waals surface area contributed by atoms with Gasteiger partial charge in [-0.1, -0.05) is 19.1 Å². The Morgan fingerprint density at radius 2 is 2.36 bits per heavy atom. The highest BCUT2D eigenvalue weighted by atomic mass is 15.1. The van der Waals surface area contributed by atoms with E-state index in [1.54, 1.807) is 0 Å². The minimum Gasteiger partial charge on any atom is -0.376 e. The van der Waals surface area contributed by atoms with E-state index in [0.29, 0.717) is 0 Å². The van der Waals surface area contributed by atoms with Crippen LogP contribution in [0.2, 0.25) is 0 Å². The van der Waals surface area contributed by atoms with Crippen molar-refractivity contribution in [2.45, 2.75) is 20.3 Å². The fourth-order valence-electron chi connectivity index (χ4n) is 1.30. The van der Waals surface area contributed by atoms with Crippen LogP contribution < -0.4 is 10.6 Å². The van der Waals surface area contributed by atoms with Gasteiger partial charge in [0.15, 0.2) is 0 Å². The lowest BCUT2D eigenvalue weighted by atomic mass is 10.1. The summed E-state index contributed by atoms with van der Waals surface area (Å²) in [6.07, 6.45) is 5.35. The highest BCUT2D eigenvalue weighted by Crippen LogP contribution is 2.08. The quantitative estimate of drug-likeness (QED) is 0.624. The Bertz CT molecular complexity index is 180. The van der Waals surface area contributed by atoms with Crippen molar-refractivity contribution < 1.29 is 0 Å². The average Bonchev–Trinajstić information content (AvgIpc) is 2.06. The zero-order chi connectivity index (χ0) is 8.10. The molecule has 0 saturated carbocycles. The molecule has 2 heteroatoms. The lowest BCUT2D eigenvalue weighted by molar-refractivity contribution is 0.608. The van der Waals surface area contributed by atoms with E-state index in [0.717, 1.165) is 19.6 Å². The van der Waals surface area contributed by atoms with E-state index >= 15 is 0 Å².